The topological polar surface area (TPSA) is 155 Å². The van der Waals surface area contributed by atoms with E-state index in [1.165, 1.54) is 6.07 Å². The molecule has 11 nitrogen and oxygen atoms in total. The van der Waals surface area contributed by atoms with Crippen molar-refractivity contribution in [2.45, 2.75) is 37.1 Å². The van der Waals surface area contributed by atoms with E-state index in [0.29, 0.717) is 10.1 Å². The number of fused-ring (bicyclic) bond motifs is 1. The summed E-state index contributed by atoms with van der Waals surface area (Å²) in [7, 11) is -4.37. The monoisotopic (exact) mass is 495 g/mol. The number of aliphatic hydroxyl groups is 2. The number of halogens is 3. The Labute approximate surface area is 183 Å². The van der Waals surface area contributed by atoms with Crippen molar-refractivity contribution in [1.82, 2.24) is 9.55 Å². The molecule has 1 aromatic carbocycles. The van der Waals surface area contributed by atoms with Gasteiger partial charge in [-0.15, -0.1) is 0 Å². The van der Waals surface area contributed by atoms with Gasteiger partial charge in [0, 0.05) is 11.8 Å². The summed E-state index contributed by atoms with van der Waals surface area (Å²) < 4.78 is 62.1. The number of hydrogen-bond acceptors (Lipinski definition) is 10. The summed E-state index contributed by atoms with van der Waals surface area (Å²) in [5.74, 6) is -0.150. The Morgan fingerprint density at radius 2 is 2.12 bits per heavy atom. The van der Waals surface area contributed by atoms with Crippen LogP contribution in [0.1, 0.15) is 11.8 Å². The zero-order valence-corrected chi connectivity index (χ0v) is 17.7. The number of phosphoric ester groups is 1. The number of nitrogens with two attached hydrogens (primary N) is 1. The average molecular weight is 496 g/mol. The lowest BCUT2D eigenvalue weighted by Gasteiger charge is -2.32. The first-order valence-electron chi connectivity index (χ1n) is 9.09. The molecule has 0 saturated carbocycles. The summed E-state index contributed by atoms with van der Waals surface area (Å²) >= 11 is 5.81. The maximum atomic E-state index is 14.1. The van der Waals surface area contributed by atoms with Crippen LogP contribution in [0.5, 0.6) is 5.75 Å². The Balaban J connectivity index is 1.59. The van der Waals surface area contributed by atoms with Crippen LogP contribution in [0.15, 0.2) is 35.3 Å². The highest BCUT2D eigenvalue weighted by Crippen LogP contribution is 2.56. The first-order chi connectivity index (χ1) is 15.1. The highest BCUT2D eigenvalue weighted by molar-refractivity contribution is 7.49. The number of benzene rings is 1. The Bertz CT molecular complexity index is 1140. The van der Waals surface area contributed by atoms with Crippen molar-refractivity contribution in [3.05, 3.63) is 51.5 Å². The molecular weight excluding hydrogens is 479 g/mol. The predicted octanol–water partition coefficient (Wildman–Crippen LogP) is 1.47. The lowest BCUT2D eigenvalue weighted by molar-refractivity contribution is -0.194. The van der Waals surface area contributed by atoms with Crippen LogP contribution >= 0.6 is 19.4 Å². The van der Waals surface area contributed by atoms with Gasteiger partial charge in [-0.3, -0.25) is 13.6 Å². The molecule has 4 rings (SSSR count). The van der Waals surface area contributed by atoms with E-state index in [9.17, 15) is 28.4 Å². The Hall–Kier alpha value is -2.12. The molecule has 0 amide bonds. The second-order valence-electron chi connectivity index (χ2n) is 7.06. The number of nitrogen functional groups attached to an aromatic ring is 1. The van der Waals surface area contributed by atoms with Gasteiger partial charge in [-0.25, -0.2) is 18.1 Å². The molecule has 2 aliphatic rings. The van der Waals surface area contributed by atoms with Crippen LogP contribution in [-0.2, 0) is 25.0 Å². The SMILES string of the molecule is Nc1nc(=O)n([C@@H]2O[C@@](COP3(=O)OCc4ccccc4O3)(C(F)F)[C@@H](O)[C@H]2O)cc1Cl. The molecule has 0 bridgehead atoms. The minimum absolute atomic E-state index is 0.172. The number of alkyl halides is 2. The Morgan fingerprint density at radius 3 is 2.84 bits per heavy atom. The summed E-state index contributed by atoms with van der Waals surface area (Å²) in [4.78, 5) is 15.5. The molecule has 1 saturated heterocycles. The fourth-order valence-corrected chi connectivity index (χ4v) is 4.69. The largest absolute Gasteiger partial charge is 0.530 e. The minimum atomic E-state index is -4.37. The molecule has 32 heavy (non-hydrogen) atoms. The fraction of sp³-hybridized carbons (Fsp3) is 0.412. The van der Waals surface area contributed by atoms with E-state index in [1.54, 1.807) is 18.2 Å². The summed E-state index contributed by atoms with van der Waals surface area (Å²) in [6.45, 7) is -1.38. The molecule has 3 heterocycles. The van der Waals surface area contributed by atoms with Crippen LogP contribution in [0, 0.1) is 0 Å². The van der Waals surface area contributed by atoms with Crippen molar-refractivity contribution in [2.75, 3.05) is 12.3 Å². The number of hydrogen-bond donors (Lipinski definition) is 3. The molecule has 174 valence electrons. The van der Waals surface area contributed by atoms with Gasteiger partial charge < -0.3 is 25.2 Å². The van der Waals surface area contributed by atoms with Gasteiger partial charge in [0.15, 0.2) is 11.8 Å². The lowest BCUT2D eigenvalue weighted by atomic mass is 9.96. The highest BCUT2D eigenvalue weighted by atomic mass is 35.5. The van der Waals surface area contributed by atoms with E-state index < -0.39 is 50.6 Å². The normalized spacial score (nSPS) is 32.0. The van der Waals surface area contributed by atoms with Crippen LogP contribution < -0.4 is 15.9 Å². The van der Waals surface area contributed by atoms with Crippen LogP contribution in [0.25, 0.3) is 0 Å². The van der Waals surface area contributed by atoms with Gasteiger partial charge in [0.05, 0.1) is 18.2 Å². The van der Waals surface area contributed by atoms with Gasteiger partial charge in [-0.2, -0.15) is 4.98 Å². The standard InChI is InChI=1S/C17H17ClF2N3O8P/c18-9-5-23(16(26)22-13(9)21)14-11(24)12(25)17(30-14,15(19)20)7-29-32(27)28-6-8-3-1-2-4-10(8)31-32/h1-5,11-12,14-15,24-25H,6-7H2,(H2,21,22,26)/t11-,12+,14-,17-,32?/m1/s1. The molecule has 2 aliphatic heterocycles. The first kappa shape index (κ1) is 23.1. The van der Waals surface area contributed by atoms with Gasteiger partial charge in [-0.05, 0) is 6.07 Å². The third-order valence-corrected chi connectivity index (χ3v) is 6.65. The van der Waals surface area contributed by atoms with Crippen LogP contribution in [0.3, 0.4) is 0 Å². The third-order valence-electron chi connectivity index (χ3n) is 5.04. The number of anilines is 1. The molecule has 1 aromatic heterocycles. The van der Waals surface area contributed by atoms with Crippen molar-refractivity contribution in [2.24, 2.45) is 0 Å². The first-order valence-corrected chi connectivity index (χ1v) is 10.9. The molecule has 4 N–H and O–H groups in total. The zero-order chi connectivity index (χ0) is 23.3. The van der Waals surface area contributed by atoms with Gasteiger partial charge in [0.1, 0.15) is 23.8 Å². The Kier molecular flexibility index (Phi) is 6.01. The molecule has 5 atom stereocenters. The Morgan fingerprint density at radius 1 is 1.41 bits per heavy atom. The number of phosphoric acid groups is 1. The summed E-state index contributed by atoms with van der Waals surface area (Å²) in [5, 5.41) is 20.5. The number of aliphatic hydroxyl groups excluding tert-OH is 2. The van der Waals surface area contributed by atoms with E-state index in [-0.39, 0.29) is 23.2 Å². The van der Waals surface area contributed by atoms with Crippen LogP contribution in [0.2, 0.25) is 5.02 Å². The van der Waals surface area contributed by atoms with Crippen molar-refractivity contribution in [3.8, 4) is 5.75 Å². The molecule has 0 aliphatic carbocycles. The molecule has 0 radical (unpaired) electrons. The lowest BCUT2D eigenvalue weighted by Crippen LogP contribution is -2.52. The van der Waals surface area contributed by atoms with Gasteiger partial charge in [0.25, 0.3) is 6.43 Å². The molecule has 1 fully saturated rings. The summed E-state index contributed by atoms with van der Waals surface area (Å²) in [6.07, 6.45) is -8.65. The van der Waals surface area contributed by atoms with E-state index in [4.69, 9.17) is 35.6 Å². The van der Waals surface area contributed by atoms with E-state index in [0.717, 1.165) is 6.20 Å². The second-order valence-corrected chi connectivity index (χ2v) is 9.06. The van der Waals surface area contributed by atoms with Gasteiger partial charge >= 0.3 is 13.5 Å². The highest BCUT2D eigenvalue weighted by Gasteiger charge is 2.62. The van der Waals surface area contributed by atoms with Gasteiger partial charge in [0.2, 0.25) is 0 Å². The van der Waals surface area contributed by atoms with E-state index in [2.05, 4.69) is 4.98 Å². The second kappa shape index (κ2) is 8.34. The van der Waals surface area contributed by atoms with Crippen molar-refractivity contribution >= 4 is 25.2 Å². The molecule has 0 spiro atoms. The van der Waals surface area contributed by atoms with Crippen LogP contribution in [0.4, 0.5) is 14.6 Å². The maximum Gasteiger partial charge on any atom is 0.530 e. The third kappa shape index (κ3) is 3.90. The van der Waals surface area contributed by atoms with E-state index in [1.807, 2.05) is 0 Å². The fourth-order valence-electron chi connectivity index (χ4n) is 3.28. The number of rotatable bonds is 5. The van der Waals surface area contributed by atoms with Crippen molar-refractivity contribution < 1.29 is 41.9 Å². The summed E-state index contributed by atoms with van der Waals surface area (Å²) in [6, 6.07) is 6.43. The summed E-state index contributed by atoms with van der Waals surface area (Å²) in [5.41, 5.74) is 2.02. The molecule has 1 unspecified atom stereocenters. The van der Waals surface area contributed by atoms with Crippen LogP contribution in [-0.4, -0.2) is 50.6 Å². The van der Waals surface area contributed by atoms with Crippen molar-refractivity contribution in [3.63, 3.8) is 0 Å². The number of ether oxygens (including phenoxy) is 1. The molecule has 2 aromatic rings. The molecular formula is C17H17ClF2N3O8P. The maximum absolute atomic E-state index is 14.1. The molecule has 15 heteroatoms. The van der Waals surface area contributed by atoms with Crippen molar-refractivity contribution in [1.29, 1.82) is 0 Å². The predicted molar refractivity (Wildman–Crippen MR) is 104 cm³/mol. The number of aromatic nitrogens is 2. The van der Waals surface area contributed by atoms with Gasteiger partial charge in [-0.1, -0.05) is 29.8 Å². The minimum Gasteiger partial charge on any atom is -0.404 e. The quantitative estimate of drug-likeness (QED) is 0.519. The smallest absolute Gasteiger partial charge is 0.404 e. The number of para-hydroxylation sites is 1. The number of nitrogens with zero attached hydrogens (tertiary/aromatic N) is 2. The van der Waals surface area contributed by atoms with E-state index >= 15 is 0 Å². The zero-order valence-electron chi connectivity index (χ0n) is 16.0. The average Bonchev–Trinajstić information content (AvgIpc) is 3.01.